The summed E-state index contributed by atoms with van der Waals surface area (Å²) in [5.41, 5.74) is 5.02. The highest BCUT2D eigenvalue weighted by Gasteiger charge is 2.33. The van der Waals surface area contributed by atoms with E-state index in [4.69, 9.17) is 5.73 Å². The number of nitrogens with zero attached hydrogens (tertiary/aromatic N) is 2. The van der Waals surface area contributed by atoms with E-state index in [0.29, 0.717) is 0 Å². The molecule has 0 aliphatic carbocycles. The Kier molecular flexibility index (Phi) is 2.65. The molecule has 0 aromatic carbocycles. The molecule has 0 fully saturated rings. The second-order valence-corrected chi connectivity index (χ2v) is 2.32. The van der Waals surface area contributed by atoms with Crippen molar-refractivity contribution in [3.63, 3.8) is 0 Å². The second kappa shape index (κ2) is 3.53. The van der Waals surface area contributed by atoms with Gasteiger partial charge in [-0.2, -0.15) is 8.78 Å². The van der Waals surface area contributed by atoms with Crippen molar-refractivity contribution in [2.75, 3.05) is 6.54 Å². The summed E-state index contributed by atoms with van der Waals surface area (Å²) in [6.45, 7) is -0.0781. The topological polar surface area (TPSA) is 51.8 Å². The molecule has 1 heterocycles. The lowest BCUT2D eigenvalue weighted by atomic mass is 10.2. The fourth-order valence-electron chi connectivity index (χ4n) is 0.781. The Bertz CT molecular complexity index is 238. The van der Waals surface area contributed by atoms with Crippen molar-refractivity contribution < 1.29 is 8.78 Å². The normalized spacial score (nSPS) is 11.6. The summed E-state index contributed by atoms with van der Waals surface area (Å²) in [6, 6.07) is 1.49. The molecule has 0 amide bonds. The van der Waals surface area contributed by atoms with Gasteiger partial charge in [0.15, 0.2) is 5.82 Å². The van der Waals surface area contributed by atoms with Crippen LogP contribution in [0.2, 0.25) is 0 Å². The lowest BCUT2D eigenvalue weighted by Gasteiger charge is -2.12. The highest BCUT2D eigenvalue weighted by molar-refractivity contribution is 4.96. The molecule has 0 aliphatic rings. The summed E-state index contributed by atoms with van der Waals surface area (Å²) < 4.78 is 25.9. The van der Waals surface area contributed by atoms with Crippen LogP contribution in [-0.4, -0.2) is 16.5 Å². The van der Waals surface area contributed by atoms with Gasteiger partial charge in [-0.3, -0.25) is 0 Å². The fourth-order valence-corrected chi connectivity index (χ4v) is 0.781. The van der Waals surface area contributed by atoms with Crippen LogP contribution in [0.25, 0.3) is 0 Å². The van der Waals surface area contributed by atoms with Gasteiger partial charge in [0, 0.05) is 18.8 Å². The first kappa shape index (κ1) is 8.99. The molecule has 1 rings (SSSR count). The third-order valence-electron chi connectivity index (χ3n) is 1.35. The molecule has 5 heteroatoms. The molecule has 2 N–H and O–H groups in total. The van der Waals surface area contributed by atoms with Crippen LogP contribution in [0.4, 0.5) is 8.78 Å². The summed E-state index contributed by atoms with van der Waals surface area (Å²) in [7, 11) is 0. The van der Waals surface area contributed by atoms with Crippen molar-refractivity contribution in [2.45, 2.75) is 12.3 Å². The van der Waals surface area contributed by atoms with Crippen molar-refractivity contribution in [1.82, 2.24) is 9.97 Å². The van der Waals surface area contributed by atoms with Gasteiger partial charge in [0.1, 0.15) is 0 Å². The molecule has 3 nitrogen and oxygen atoms in total. The Morgan fingerprint density at radius 3 is 2.42 bits per heavy atom. The van der Waals surface area contributed by atoms with Crippen molar-refractivity contribution in [3.05, 3.63) is 24.3 Å². The summed E-state index contributed by atoms with van der Waals surface area (Å²) in [6.07, 6.45) is 2.15. The number of aromatic nitrogens is 2. The smallest absolute Gasteiger partial charge is 0.307 e. The monoisotopic (exact) mass is 173 g/mol. The number of halogens is 2. The minimum absolute atomic E-state index is 0.0781. The van der Waals surface area contributed by atoms with E-state index in [1.807, 2.05) is 0 Å². The average molecular weight is 173 g/mol. The minimum Gasteiger partial charge on any atom is -0.330 e. The van der Waals surface area contributed by atoms with Crippen LogP contribution in [0.1, 0.15) is 12.2 Å². The summed E-state index contributed by atoms with van der Waals surface area (Å²) in [5, 5.41) is 0. The molecule has 12 heavy (non-hydrogen) atoms. The quantitative estimate of drug-likeness (QED) is 0.739. The zero-order valence-electron chi connectivity index (χ0n) is 6.37. The summed E-state index contributed by atoms with van der Waals surface area (Å²) in [4.78, 5) is 6.90. The Balaban J connectivity index is 2.82. The molecule has 0 aliphatic heterocycles. The van der Waals surface area contributed by atoms with E-state index in [1.54, 1.807) is 0 Å². The largest absolute Gasteiger partial charge is 0.330 e. The van der Waals surface area contributed by atoms with Gasteiger partial charge >= 0.3 is 5.92 Å². The minimum atomic E-state index is -3.00. The van der Waals surface area contributed by atoms with Crippen LogP contribution < -0.4 is 5.73 Å². The predicted octanol–water partition coefficient (Wildman–Crippen LogP) is 0.917. The third-order valence-corrected chi connectivity index (χ3v) is 1.35. The number of hydrogen-bond donors (Lipinski definition) is 1. The Morgan fingerprint density at radius 2 is 1.92 bits per heavy atom. The molecule has 66 valence electrons. The summed E-state index contributed by atoms with van der Waals surface area (Å²) in [5.74, 6) is -3.47. The molecule has 0 bridgehead atoms. The molecule has 0 saturated carbocycles. The van der Waals surface area contributed by atoms with Crippen LogP contribution in [0.15, 0.2) is 18.5 Å². The molecular weight excluding hydrogens is 164 g/mol. The highest BCUT2D eigenvalue weighted by Crippen LogP contribution is 2.27. The van der Waals surface area contributed by atoms with Crippen LogP contribution in [0, 0.1) is 0 Å². The van der Waals surface area contributed by atoms with Gasteiger partial charge in [-0.05, 0) is 12.6 Å². The second-order valence-electron chi connectivity index (χ2n) is 2.32. The molecule has 1 aromatic heterocycles. The van der Waals surface area contributed by atoms with Gasteiger partial charge in [-0.1, -0.05) is 0 Å². The Hall–Kier alpha value is -1.10. The standard InChI is InChI=1S/C7H9F2N3/c8-7(9,2-3-10)6-11-4-1-5-12-6/h1,4-5H,2-3,10H2. The molecule has 0 saturated heterocycles. The van der Waals surface area contributed by atoms with Crippen LogP contribution in [0.3, 0.4) is 0 Å². The maximum absolute atomic E-state index is 13.0. The molecule has 1 aromatic rings. The maximum Gasteiger partial charge on any atom is 0.307 e. The third kappa shape index (κ3) is 1.94. The van der Waals surface area contributed by atoms with Gasteiger partial charge in [0.25, 0.3) is 0 Å². The SMILES string of the molecule is NCCC(F)(F)c1ncccn1. The van der Waals surface area contributed by atoms with Crippen LogP contribution in [0.5, 0.6) is 0 Å². The fraction of sp³-hybridized carbons (Fsp3) is 0.429. The first-order valence-electron chi connectivity index (χ1n) is 3.52. The lowest BCUT2D eigenvalue weighted by molar-refractivity contribution is -0.0199. The zero-order valence-corrected chi connectivity index (χ0v) is 6.37. The summed E-state index contributed by atoms with van der Waals surface area (Å²) >= 11 is 0. The Morgan fingerprint density at radius 1 is 1.33 bits per heavy atom. The lowest BCUT2D eigenvalue weighted by Crippen LogP contribution is -2.21. The van der Waals surface area contributed by atoms with Gasteiger partial charge in [-0.25, -0.2) is 9.97 Å². The van der Waals surface area contributed by atoms with Crippen molar-refractivity contribution in [1.29, 1.82) is 0 Å². The first-order valence-corrected chi connectivity index (χ1v) is 3.52. The van der Waals surface area contributed by atoms with E-state index in [1.165, 1.54) is 18.5 Å². The zero-order chi connectivity index (χ0) is 9.03. The molecular formula is C7H9F2N3. The van der Waals surface area contributed by atoms with Gasteiger partial charge in [-0.15, -0.1) is 0 Å². The number of nitrogens with two attached hydrogens (primary N) is 1. The number of hydrogen-bond acceptors (Lipinski definition) is 3. The van der Waals surface area contributed by atoms with Crippen molar-refractivity contribution >= 4 is 0 Å². The highest BCUT2D eigenvalue weighted by atomic mass is 19.3. The average Bonchev–Trinajstić information content (AvgIpc) is 2.06. The first-order chi connectivity index (χ1) is 5.67. The predicted molar refractivity (Wildman–Crippen MR) is 39.6 cm³/mol. The molecule has 0 unspecified atom stereocenters. The van der Waals surface area contributed by atoms with Gasteiger partial charge < -0.3 is 5.73 Å². The van der Waals surface area contributed by atoms with E-state index in [2.05, 4.69) is 9.97 Å². The van der Waals surface area contributed by atoms with E-state index >= 15 is 0 Å². The van der Waals surface area contributed by atoms with E-state index in [-0.39, 0.29) is 6.54 Å². The van der Waals surface area contributed by atoms with Gasteiger partial charge in [0.2, 0.25) is 0 Å². The van der Waals surface area contributed by atoms with E-state index in [9.17, 15) is 8.78 Å². The number of alkyl halides is 2. The van der Waals surface area contributed by atoms with Crippen LogP contribution >= 0.6 is 0 Å². The van der Waals surface area contributed by atoms with E-state index < -0.39 is 18.2 Å². The molecule has 0 spiro atoms. The maximum atomic E-state index is 13.0. The number of rotatable bonds is 3. The van der Waals surface area contributed by atoms with E-state index in [0.717, 1.165) is 0 Å². The molecule has 0 atom stereocenters. The van der Waals surface area contributed by atoms with Gasteiger partial charge in [0.05, 0.1) is 0 Å². The Labute approximate surface area is 68.6 Å². The molecule has 0 radical (unpaired) electrons. The van der Waals surface area contributed by atoms with Crippen LogP contribution in [-0.2, 0) is 5.92 Å². The van der Waals surface area contributed by atoms with Crippen molar-refractivity contribution in [3.8, 4) is 0 Å². The van der Waals surface area contributed by atoms with Crippen molar-refractivity contribution in [2.24, 2.45) is 5.73 Å².